The zero-order chi connectivity index (χ0) is 15.4. The van der Waals surface area contributed by atoms with Crippen LogP contribution in [0.25, 0.3) is 0 Å². The Hall–Kier alpha value is -0.240. The molecule has 2 N–H and O–H groups in total. The topological polar surface area (TPSA) is 77.4 Å². The number of hydrogen-bond acceptors (Lipinski definition) is 6. The van der Waals surface area contributed by atoms with Gasteiger partial charge in [0.05, 0.1) is 0 Å². The van der Waals surface area contributed by atoms with E-state index in [2.05, 4.69) is 0 Å². The SMILES string of the molecule is OCCCOCCCOCCCOCCCOCCCO. The van der Waals surface area contributed by atoms with Crippen molar-refractivity contribution in [1.82, 2.24) is 0 Å². The van der Waals surface area contributed by atoms with Crippen molar-refractivity contribution in [3.63, 3.8) is 0 Å². The minimum Gasteiger partial charge on any atom is -0.396 e. The molecule has 0 rings (SSSR count). The molecule has 0 aromatic carbocycles. The lowest BCUT2D eigenvalue weighted by Gasteiger charge is -2.06. The number of ether oxygens (including phenoxy) is 4. The first kappa shape index (κ1) is 20.8. The summed E-state index contributed by atoms with van der Waals surface area (Å²) < 4.78 is 21.5. The van der Waals surface area contributed by atoms with E-state index in [1.807, 2.05) is 0 Å². The highest BCUT2D eigenvalue weighted by molar-refractivity contribution is 4.40. The Bertz CT molecular complexity index is 162. The average molecular weight is 308 g/mol. The Kier molecular flexibility index (Phi) is 19.5. The third-order valence-corrected chi connectivity index (χ3v) is 2.63. The zero-order valence-electron chi connectivity index (χ0n) is 13.1. The lowest BCUT2D eigenvalue weighted by atomic mass is 10.4. The van der Waals surface area contributed by atoms with Gasteiger partial charge in [-0.05, 0) is 32.1 Å². The lowest BCUT2D eigenvalue weighted by Crippen LogP contribution is -2.07. The molecule has 0 unspecified atom stereocenters. The van der Waals surface area contributed by atoms with Gasteiger partial charge in [0.2, 0.25) is 0 Å². The lowest BCUT2D eigenvalue weighted by molar-refractivity contribution is 0.0512. The van der Waals surface area contributed by atoms with Gasteiger partial charge in [0.15, 0.2) is 0 Å². The predicted octanol–water partition coefficient (Wildman–Crippen LogP) is 0.988. The first-order valence-electron chi connectivity index (χ1n) is 7.94. The summed E-state index contributed by atoms with van der Waals surface area (Å²) in [5.74, 6) is 0. The van der Waals surface area contributed by atoms with Crippen molar-refractivity contribution < 1.29 is 29.2 Å². The molecule has 0 saturated carbocycles. The van der Waals surface area contributed by atoms with Gasteiger partial charge in [-0.2, -0.15) is 0 Å². The van der Waals surface area contributed by atoms with Gasteiger partial charge >= 0.3 is 0 Å². The van der Waals surface area contributed by atoms with Crippen LogP contribution in [-0.2, 0) is 18.9 Å². The molecule has 0 bridgehead atoms. The first-order chi connectivity index (χ1) is 10.4. The fourth-order valence-corrected chi connectivity index (χ4v) is 1.53. The normalized spacial score (nSPS) is 11.1. The van der Waals surface area contributed by atoms with E-state index < -0.39 is 0 Å². The minimum atomic E-state index is 0.186. The third kappa shape index (κ3) is 19.8. The Balaban J connectivity index is 2.90. The third-order valence-electron chi connectivity index (χ3n) is 2.63. The summed E-state index contributed by atoms with van der Waals surface area (Å²) in [6, 6.07) is 0. The monoisotopic (exact) mass is 308 g/mol. The van der Waals surface area contributed by atoms with Crippen LogP contribution < -0.4 is 0 Å². The first-order valence-corrected chi connectivity index (χ1v) is 7.94. The molecule has 0 amide bonds. The molecule has 0 atom stereocenters. The van der Waals surface area contributed by atoms with E-state index in [4.69, 9.17) is 29.2 Å². The molecule has 0 fully saturated rings. The predicted molar refractivity (Wildman–Crippen MR) is 80.5 cm³/mol. The van der Waals surface area contributed by atoms with Crippen LogP contribution in [0.2, 0.25) is 0 Å². The van der Waals surface area contributed by atoms with Gasteiger partial charge in [0.25, 0.3) is 0 Å². The number of aliphatic hydroxyl groups excluding tert-OH is 2. The van der Waals surface area contributed by atoms with Gasteiger partial charge in [-0.3, -0.25) is 0 Å². The maximum atomic E-state index is 8.56. The summed E-state index contributed by atoms with van der Waals surface area (Å²) in [5.41, 5.74) is 0. The molecule has 0 saturated heterocycles. The molecule has 6 nitrogen and oxygen atoms in total. The molecule has 0 aliphatic rings. The van der Waals surface area contributed by atoms with Crippen LogP contribution in [0.3, 0.4) is 0 Å². The van der Waals surface area contributed by atoms with E-state index in [1.54, 1.807) is 0 Å². The van der Waals surface area contributed by atoms with Gasteiger partial charge < -0.3 is 29.2 Å². The Labute approximate surface area is 128 Å². The number of aliphatic hydroxyl groups is 2. The van der Waals surface area contributed by atoms with Crippen LogP contribution in [0, 0.1) is 0 Å². The van der Waals surface area contributed by atoms with E-state index in [0.717, 1.165) is 19.3 Å². The largest absolute Gasteiger partial charge is 0.396 e. The van der Waals surface area contributed by atoms with E-state index >= 15 is 0 Å². The highest BCUT2D eigenvalue weighted by atomic mass is 16.5. The summed E-state index contributed by atoms with van der Waals surface area (Å²) >= 11 is 0. The van der Waals surface area contributed by atoms with Crippen LogP contribution in [0.1, 0.15) is 32.1 Å². The van der Waals surface area contributed by atoms with Gasteiger partial charge in [0, 0.05) is 66.1 Å². The summed E-state index contributed by atoms with van der Waals surface area (Å²) in [6.45, 7) is 5.82. The molecular formula is C15H32O6. The number of rotatable bonds is 18. The van der Waals surface area contributed by atoms with Crippen LogP contribution in [0.4, 0.5) is 0 Å². The van der Waals surface area contributed by atoms with Gasteiger partial charge in [0.1, 0.15) is 0 Å². The van der Waals surface area contributed by atoms with E-state index in [0.29, 0.717) is 65.7 Å². The van der Waals surface area contributed by atoms with Crippen LogP contribution in [0.5, 0.6) is 0 Å². The molecule has 0 aliphatic carbocycles. The zero-order valence-corrected chi connectivity index (χ0v) is 13.1. The second-order valence-electron chi connectivity index (χ2n) is 4.66. The minimum absolute atomic E-state index is 0.186. The van der Waals surface area contributed by atoms with Gasteiger partial charge in [-0.25, -0.2) is 0 Å². The molecule has 0 aliphatic heterocycles. The van der Waals surface area contributed by atoms with Crippen LogP contribution >= 0.6 is 0 Å². The fraction of sp³-hybridized carbons (Fsp3) is 1.00. The summed E-state index contributed by atoms with van der Waals surface area (Å²) in [5, 5.41) is 17.1. The molecule has 0 spiro atoms. The Morgan fingerprint density at radius 1 is 0.381 bits per heavy atom. The van der Waals surface area contributed by atoms with Crippen molar-refractivity contribution in [2.24, 2.45) is 0 Å². The number of hydrogen-bond donors (Lipinski definition) is 2. The molecule has 0 aromatic rings. The Morgan fingerprint density at radius 3 is 0.857 bits per heavy atom. The van der Waals surface area contributed by atoms with Crippen molar-refractivity contribution in [1.29, 1.82) is 0 Å². The quantitative estimate of drug-likeness (QED) is 0.368. The van der Waals surface area contributed by atoms with Crippen molar-refractivity contribution in [2.45, 2.75) is 32.1 Å². The van der Waals surface area contributed by atoms with Crippen LogP contribution in [0.15, 0.2) is 0 Å². The summed E-state index contributed by atoms with van der Waals surface area (Å²) in [6.07, 6.45) is 4.07. The second kappa shape index (κ2) is 19.8. The van der Waals surface area contributed by atoms with E-state index in [-0.39, 0.29) is 13.2 Å². The smallest absolute Gasteiger partial charge is 0.0488 e. The molecule has 128 valence electrons. The molecule has 0 aromatic heterocycles. The average Bonchev–Trinajstić information content (AvgIpc) is 2.50. The molecular weight excluding hydrogens is 276 g/mol. The molecule has 21 heavy (non-hydrogen) atoms. The molecule has 6 heteroatoms. The van der Waals surface area contributed by atoms with E-state index in [9.17, 15) is 0 Å². The highest BCUT2D eigenvalue weighted by Crippen LogP contribution is 1.92. The van der Waals surface area contributed by atoms with Gasteiger partial charge in [-0.1, -0.05) is 0 Å². The van der Waals surface area contributed by atoms with Crippen molar-refractivity contribution >= 4 is 0 Å². The van der Waals surface area contributed by atoms with Crippen LogP contribution in [-0.4, -0.2) is 76.3 Å². The maximum absolute atomic E-state index is 8.56. The second-order valence-corrected chi connectivity index (χ2v) is 4.66. The van der Waals surface area contributed by atoms with Crippen molar-refractivity contribution in [2.75, 3.05) is 66.1 Å². The van der Waals surface area contributed by atoms with Crippen molar-refractivity contribution in [3.8, 4) is 0 Å². The van der Waals surface area contributed by atoms with Crippen molar-refractivity contribution in [3.05, 3.63) is 0 Å². The molecule has 0 radical (unpaired) electrons. The summed E-state index contributed by atoms with van der Waals surface area (Å²) in [7, 11) is 0. The Morgan fingerprint density at radius 2 is 0.619 bits per heavy atom. The summed E-state index contributed by atoms with van der Waals surface area (Å²) in [4.78, 5) is 0. The van der Waals surface area contributed by atoms with Gasteiger partial charge in [-0.15, -0.1) is 0 Å². The highest BCUT2D eigenvalue weighted by Gasteiger charge is 1.93. The standard InChI is InChI=1S/C15H32O6/c16-6-1-8-18-10-3-12-20-14-5-15-21-13-4-11-19-9-2-7-17/h16-17H,1-15H2. The fourth-order valence-electron chi connectivity index (χ4n) is 1.53. The van der Waals surface area contributed by atoms with E-state index in [1.165, 1.54) is 0 Å². The maximum Gasteiger partial charge on any atom is 0.0488 e. The molecule has 0 heterocycles.